The number of benzene rings is 5. The highest BCUT2D eigenvalue weighted by atomic mass is 15.1. The van der Waals surface area contributed by atoms with Gasteiger partial charge in [-0.1, -0.05) is 66.2 Å². The molecule has 0 saturated carbocycles. The number of anilines is 3. The van der Waals surface area contributed by atoms with Crippen LogP contribution in [-0.2, 0) is 0 Å². The van der Waals surface area contributed by atoms with Gasteiger partial charge in [0.05, 0.1) is 5.69 Å². The van der Waals surface area contributed by atoms with Crippen molar-refractivity contribution in [1.29, 1.82) is 0 Å². The largest absolute Gasteiger partial charge is 0.355 e. The zero-order valence-corrected chi connectivity index (χ0v) is 17.3. The monoisotopic (exact) mass is 398 g/mol. The molecular weight excluding hydrogens is 376 g/mol. The van der Waals surface area contributed by atoms with Crippen LogP contribution in [-0.4, -0.2) is 4.98 Å². The molecule has 0 aliphatic carbocycles. The molecule has 0 aliphatic heterocycles. The Hall–Kier alpha value is -4.04. The summed E-state index contributed by atoms with van der Waals surface area (Å²) in [4.78, 5) is 5.92. The predicted octanol–water partition coefficient (Wildman–Crippen LogP) is 8.25. The number of para-hydroxylation sites is 1. The number of aryl methyl sites for hydroxylation is 1. The van der Waals surface area contributed by atoms with Crippen molar-refractivity contribution in [2.24, 2.45) is 0 Å². The SMILES string of the molecule is Cc1ccc2[nH]c3ccc(N(c4ccccc4)c4cccc5ccccc45)cc3c2c1. The van der Waals surface area contributed by atoms with Crippen LogP contribution in [0, 0.1) is 6.92 Å². The first-order valence-corrected chi connectivity index (χ1v) is 10.6. The van der Waals surface area contributed by atoms with E-state index < -0.39 is 0 Å². The maximum absolute atomic E-state index is 3.56. The normalized spacial score (nSPS) is 11.4. The summed E-state index contributed by atoms with van der Waals surface area (Å²) in [5.41, 5.74) is 7.09. The van der Waals surface area contributed by atoms with E-state index in [-0.39, 0.29) is 0 Å². The number of aromatic nitrogens is 1. The third-order valence-electron chi connectivity index (χ3n) is 6.02. The van der Waals surface area contributed by atoms with E-state index in [0.717, 1.165) is 16.9 Å². The second-order valence-corrected chi connectivity index (χ2v) is 8.07. The van der Waals surface area contributed by atoms with Gasteiger partial charge in [0.2, 0.25) is 0 Å². The van der Waals surface area contributed by atoms with E-state index in [1.165, 1.54) is 38.3 Å². The molecule has 0 aliphatic rings. The number of hydrogen-bond donors (Lipinski definition) is 1. The van der Waals surface area contributed by atoms with Crippen molar-refractivity contribution < 1.29 is 0 Å². The molecule has 0 atom stereocenters. The molecule has 148 valence electrons. The Morgan fingerprint density at radius 3 is 2.13 bits per heavy atom. The molecule has 0 unspecified atom stereocenters. The molecule has 31 heavy (non-hydrogen) atoms. The van der Waals surface area contributed by atoms with Gasteiger partial charge in [-0.3, -0.25) is 0 Å². The molecule has 5 aromatic carbocycles. The van der Waals surface area contributed by atoms with Crippen molar-refractivity contribution in [3.05, 3.63) is 115 Å². The van der Waals surface area contributed by atoms with Gasteiger partial charge in [0.25, 0.3) is 0 Å². The molecule has 2 heteroatoms. The maximum Gasteiger partial charge on any atom is 0.0540 e. The summed E-state index contributed by atoms with van der Waals surface area (Å²) < 4.78 is 0. The molecule has 0 spiro atoms. The van der Waals surface area contributed by atoms with Crippen LogP contribution in [0.25, 0.3) is 32.6 Å². The molecule has 2 nitrogen and oxygen atoms in total. The van der Waals surface area contributed by atoms with Crippen LogP contribution in [0.4, 0.5) is 17.1 Å². The number of nitrogens with one attached hydrogen (secondary N) is 1. The zero-order chi connectivity index (χ0) is 20.8. The third-order valence-corrected chi connectivity index (χ3v) is 6.02. The fourth-order valence-corrected chi connectivity index (χ4v) is 4.55. The van der Waals surface area contributed by atoms with Crippen LogP contribution in [0.1, 0.15) is 5.56 Å². The molecule has 0 saturated heterocycles. The Bertz CT molecular complexity index is 1540. The van der Waals surface area contributed by atoms with Crippen LogP contribution in [0.3, 0.4) is 0 Å². The third kappa shape index (κ3) is 2.96. The minimum Gasteiger partial charge on any atom is -0.355 e. The highest BCUT2D eigenvalue weighted by Crippen LogP contribution is 2.40. The van der Waals surface area contributed by atoms with Crippen LogP contribution < -0.4 is 4.90 Å². The Morgan fingerprint density at radius 1 is 0.548 bits per heavy atom. The fraction of sp³-hybridized carbons (Fsp3) is 0.0345. The van der Waals surface area contributed by atoms with Crippen LogP contribution in [0.2, 0.25) is 0 Å². The van der Waals surface area contributed by atoms with E-state index in [0.29, 0.717) is 0 Å². The summed E-state index contributed by atoms with van der Waals surface area (Å²) in [7, 11) is 0. The van der Waals surface area contributed by atoms with Crippen molar-refractivity contribution in [2.75, 3.05) is 4.90 Å². The predicted molar refractivity (Wildman–Crippen MR) is 133 cm³/mol. The number of hydrogen-bond acceptors (Lipinski definition) is 1. The molecule has 0 radical (unpaired) electrons. The highest BCUT2D eigenvalue weighted by molar-refractivity contribution is 6.09. The minimum atomic E-state index is 1.15. The lowest BCUT2D eigenvalue weighted by atomic mass is 10.1. The second-order valence-electron chi connectivity index (χ2n) is 8.07. The van der Waals surface area contributed by atoms with Gasteiger partial charge < -0.3 is 9.88 Å². The fourth-order valence-electron chi connectivity index (χ4n) is 4.55. The van der Waals surface area contributed by atoms with Gasteiger partial charge in [-0.25, -0.2) is 0 Å². The Kier molecular flexibility index (Phi) is 4.03. The average molecular weight is 399 g/mol. The van der Waals surface area contributed by atoms with Crippen LogP contribution in [0.5, 0.6) is 0 Å². The lowest BCUT2D eigenvalue weighted by Gasteiger charge is -2.27. The molecule has 1 heterocycles. The number of H-pyrrole nitrogens is 1. The molecule has 6 aromatic rings. The first kappa shape index (κ1) is 17.8. The van der Waals surface area contributed by atoms with Gasteiger partial charge in [-0.2, -0.15) is 0 Å². The van der Waals surface area contributed by atoms with E-state index in [1.54, 1.807) is 0 Å². The highest BCUT2D eigenvalue weighted by Gasteiger charge is 2.16. The van der Waals surface area contributed by atoms with Crippen molar-refractivity contribution in [3.63, 3.8) is 0 Å². The molecular formula is C29H22N2. The summed E-state index contributed by atoms with van der Waals surface area (Å²) >= 11 is 0. The smallest absolute Gasteiger partial charge is 0.0540 e. The average Bonchev–Trinajstić information content (AvgIpc) is 3.17. The Labute approximate surface area is 181 Å². The van der Waals surface area contributed by atoms with Crippen molar-refractivity contribution in [3.8, 4) is 0 Å². The molecule has 1 aromatic heterocycles. The Balaban J connectivity index is 1.64. The summed E-state index contributed by atoms with van der Waals surface area (Å²) in [6.45, 7) is 2.15. The summed E-state index contributed by atoms with van der Waals surface area (Å²) in [5.74, 6) is 0. The van der Waals surface area contributed by atoms with E-state index in [1.807, 2.05) is 0 Å². The topological polar surface area (TPSA) is 19.0 Å². The summed E-state index contributed by atoms with van der Waals surface area (Å²) in [5, 5.41) is 4.99. The molecule has 0 fully saturated rings. The molecule has 6 rings (SSSR count). The number of rotatable bonds is 3. The number of fused-ring (bicyclic) bond motifs is 4. The van der Waals surface area contributed by atoms with Gasteiger partial charge in [0.15, 0.2) is 0 Å². The summed E-state index contributed by atoms with van der Waals surface area (Å²) in [6.07, 6.45) is 0. The minimum absolute atomic E-state index is 1.15. The van der Waals surface area contributed by atoms with E-state index in [9.17, 15) is 0 Å². The molecule has 1 N–H and O–H groups in total. The van der Waals surface area contributed by atoms with Crippen LogP contribution >= 0.6 is 0 Å². The first-order valence-electron chi connectivity index (χ1n) is 10.6. The van der Waals surface area contributed by atoms with Crippen molar-refractivity contribution >= 4 is 49.6 Å². The van der Waals surface area contributed by atoms with Crippen molar-refractivity contribution in [2.45, 2.75) is 6.92 Å². The number of nitrogens with zero attached hydrogens (tertiary/aromatic N) is 1. The second kappa shape index (κ2) is 7.03. The van der Waals surface area contributed by atoms with Gasteiger partial charge in [-0.05, 0) is 60.8 Å². The van der Waals surface area contributed by atoms with Gasteiger partial charge in [0.1, 0.15) is 0 Å². The quantitative estimate of drug-likeness (QED) is 0.318. The van der Waals surface area contributed by atoms with Gasteiger partial charge in [0, 0.05) is 38.6 Å². The lowest BCUT2D eigenvalue weighted by molar-refractivity contribution is 1.30. The molecule has 0 bridgehead atoms. The summed E-state index contributed by atoms with van der Waals surface area (Å²) in [6, 6.07) is 39.0. The standard InChI is InChI=1S/C29H22N2/c1-20-14-16-27-25(18-20)26-19-23(15-17-28(26)30-27)31(22-10-3-2-4-11-22)29-13-7-9-21-8-5-6-12-24(21)29/h2-19,30H,1H3. The van der Waals surface area contributed by atoms with E-state index in [4.69, 9.17) is 0 Å². The van der Waals surface area contributed by atoms with Crippen molar-refractivity contribution in [1.82, 2.24) is 4.98 Å². The lowest BCUT2D eigenvalue weighted by Crippen LogP contribution is -2.10. The van der Waals surface area contributed by atoms with Gasteiger partial charge in [-0.15, -0.1) is 0 Å². The zero-order valence-electron chi connectivity index (χ0n) is 17.3. The van der Waals surface area contributed by atoms with Gasteiger partial charge >= 0.3 is 0 Å². The van der Waals surface area contributed by atoms with Crippen LogP contribution in [0.15, 0.2) is 109 Å². The first-order chi connectivity index (χ1) is 15.3. The van der Waals surface area contributed by atoms with E-state index >= 15 is 0 Å². The van der Waals surface area contributed by atoms with E-state index in [2.05, 4.69) is 126 Å². The molecule has 0 amide bonds. The maximum atomic E-state index is 3.56. The number of aromatic amines is 1. The Morgan fingerprint density at radius 2 is 1.26 bits per heavy atom.